The molecule has 88 valence electrons. The Kier molecular flexibility index (Phi) is 4.84. The number of nitrogens with zero attached hydrogens (tertiary/aromatic N) is 1. The molecule has 1 fully saturated rings. The summed E-state index contributed by atoms with van der Waals surface area (Å²) in [7, 11) is 0. The van der Waals surface area contributed by atoms with Crippen molar-refractivity contribution in [3.05, 3.63) is 0 Å². The Morgan fingerprint density at radius 1 is 1.40 bits per heavy atom. The molecule has 0 aromatic rings. The van der Waals surface area contributed by atoms with Gasteiger partial charge in [-0.2, -0.15) is 0 Å². The van der Waals surface area contributed by atoms with Gasteiger partial charge >= 0.3 is 0 Å². The lowest BCUT2D eigenvalue weighted by molar-refractivity contribution is 0.145. The van der Waals surface area contributed by atoms with Gasteiger partial charge in [-0.3, -0.25) is 0 Å². The van der Waals surface area contributed by atoms with E-state index in [1.807, 2.05) is 0 Å². The van der Waals surface area contributed by atoms with E-state index in [2.05, 4.69) is 37.9 Å². The van der Waals surface area contributed by atoms with E-state index in [0.29, 0.717) is 6.04 Å². The molecule has 0 saturated carbocycles. The first kappa shape index (κ1) is 12.8. The Labute approximate surface area is 99.4 Å². The predicted octanol–water partition coefficient (Wildman–Crippen LogP) is 2.64. The van der Waals surface area contributed by atoms with E-state index < -0.39 is 0 Å². The largest absolute Gasteiger partial charge is 0.363 e. The van der Waals surface area contributed by atoms with Crippen molar-refractivity contribution in [2.24, 2.45) is 11.8 Å². The molecule has 0 aliphatic carbocycles. The molecule has 0 bridgehead atoms. The first-order chi connectivity index (χ1) is 7.06. The molecule has 0 amide bonds. The summed E-state index contributed by atoms with van der Waals surface area (Å²) < 4.78 is 0. The van der Waals surface area contributed by atoms with Gasteiger partial charge in [-0.1, -0.05) is 20.8 Å². The van der Waals surface area contributed by atoms with Gasteiger partial charge in [0.05, 0.1) is 0 Å². The van der Waals surface area contributed by atoms with Crippen molar-refractivity contribution in [3.8, 4) is 0 Å². The van der Waals surface area contributed by atoms with Gasteiger partial charge in [-0.15, -0.1) is 0 Å². The van der Waals surface area contributed by atoms with Crippen LogP contribution in [0.15, 0.2) is 0 Å². The van der Waals surface area contributed by atoms with Crippen LogP contribution in [0.1, 0.15) is 40.5 Å². The van der Waals surface area contributed by atoms with Gasteiger partial charge in [-0.05, 0) is 43.8 Å². The fraction of sp³-hybridized carbons (Fsp3) is 0.917. The topological polar surface area (TPSA) is 15.3 Å². The molecular weight excluding hydrogens is 204 g/mol. The summed E-state index contributed by atoms with van der Waals surface area (Å²) in [5.74, 6) is 1.51. The van der Waals surface area contributed by atoms with Crippen LogP contribution in [0.25, 0.3) is 0 Å². The molecule has 0 radical (unpaired) electrons. The SMILES string of the molecule is CCCNC(=S)N1CC(C)CC(C)C1C. The normalized spacial score (nSPS) is 31.5. The highest BCUT2D eigenvalue weighted by Gasteiger charge is 2.29. The summed E-state index contributed by atoms with van der Waals surface area (Å²) in [6.07, 6.45) is 2.46. The average Bonchev–Trinajstić information content (AvgIpc) is 2.19. The standard InChI is InChI=1S/C12H24N2S/c1-5-6-13-12(15)14-8-9(2)7-10(3)11(14)4/h9-11H,5-8H2,1-4H3,(H,13,15). The molecule has 15 heavy (non-hydrogen) atoms. The lowest BCUT2D eigenvalue weighted by atomic mass is 9.86. The maximum absolute atomic E-state index is 5.44. The van der Waals surface area contributed by atoms with Gasteiger partial charge < -0.3 is 10.2 Å². The number of piperidine rings is 1. The van der Waals surface area contributed by atoms with Gasteiger partial charge in [-0.25, -0.2) is 0 Å². The van der Waals surface area contributed by atoms with Crippen LogP contribution in [0.5, 0.6) is 0 Å². The molecule has 1 aliphatic rings. The zero-order valence-electron chi connectivity index (χ0n) is 10.4. The first-order valence-corrected chi connectivity index (χ1v) is 6.51. The molecule has 0 spiro atoms. The minimum absolute atomic E-state index is 0.582. The van der Waals surface area contributed by atoms with Crippen molar-refractivity contribution in [3.63, 3.8) is 0 Å². The molecule has 3 atom stereocenters. The van der Waals surface area contributed by atoms with E-state index in [1.54, 1.807) is 0 Å². The van der Waals surface area contributed by atoms with Crippen LogP contribution in [0.3, 0.4) is 0 Å². The Balaban J connectivity index is 2.54. The molecule has 0 aromatic carbocycles. The average molecular weight is 228 g/mol. The third kappa shape index (κ3) is 3.33. The van der Waals surface area contributed by atoms with Crippen molar-refractivity contribution in [2.45, 2.75) is 46.6 Å². The number of thiocarbonyl (C=S) groups is 1. The summed E-state index contributed by atoms with van der Waals surface area (Å²) >= 11 is 5.44. The molecule has 1 saturated heterocycles. The Bertz CT molecular complexity index is 218. The highest BCUT2D eigenvalue weighted by molar-refractivity contribution is 7.80. The number of hydrogen-bond acceptors (Lipinski definition) is 1. The third-order valence-electron chi connectivity index (χ3n) is 3.38. The highest BCUT2D eigenvalue weighted by atomic mass is 32.1. The Hall–Kier alpha value is -0.310. The van der Waals surface area contributed by atoms with Crippen LogP contribution in [-0.4, -0.2) is 29.1 Å². The van der Waals surface area contributed by atoms with Gasteiger partial charge in [0.15, 0.2) is 5.11 Å². The summed E-state index contributed by atoms with van der Waals surface area (Å²) in [6.45, 7) is 11.2. The monoisotopic (exact) mass is 228 g/mol. The zero-order valence-corrected chi connectivity index (χ0v) is 11.2. The lowest BCUT2D eigenvalue weighted by Crippen LogP contribution is -2.52. The molecule has 2 nitrogen and oxygen atoms in total. The molecule has 1 aliphatic heterocycles. The van der Waals surface area contributed by atoms with Crippen LogP contribution in [0.4, 0.5) is 0 Å². The van der Waals surface area contributed by atoms with E-state index in [9.17, 15) is 0 Å². The van der Waals surface area contributed by atoms with E-state index in [1.165, 1.54) is 6.42 Å². The molecule has 1 heterocycles. The number of nitrogens with one attached hydrogen (secondary N) is 1. The van der Waals surface area contributed by atoms with Crippen LogP contribution in [-0.2, 0) is 0 Å². The number of rotatable bonds is 2. The summed E-state index contributed by atoms with van der Waals surface area (Å²) in [6, 6.07) is 0.582. The maximum Gasteiger partial charge on any atom is 0.169 e. The van der Waals surface area contributed by atoms with Crippen molar-refractivity contribution in [2.75, 3.05) is 13.1 Å². The predicted molar refractivity (Wildman–Crippen MR) is 70.0 cm³/mol. The van der Waals surface area contributed by atoms with Crippen molar-refractivity contribution < 1.29 is 0 Å². The van der Waals surface area contributed by atoms with Crippen molar-refractivity contribution >= 4 is 17.3 Å². The zero-order chi connectivity index (χ0) is 11.4. The maximum atomic E-state index is 5.44. The fourth-order valence-electron chi connectivity index (χ4n) is 2.32. The lowest BCUT2D eigenvalue weighted by Gasteiger charge is -2.42. The fourth-order valence-corrected chi connectivity index (χ4v) is 2.66. The van der Waals surface area contributed by atoms with Crippen molar-refractivity contribution in [1.82, 2.24) is 10.2 Å². The van der Waals surface area contributed by atoms with Crippen molar-refractivity contribution in [1.29, 1.82) is 0 Å². The van der Waals surface area contributed by atoms with Crippen LogP contribution >= 0.6 is 12.2 Å². The second-order valence-electron chi connectivity index (χ2n) is 4.94. The first-order valence-electron chi connectivity index (χ1n) is 6.10. The summed E-state index contributed by atoms with van der Waals surface area (Å²) in [4.78, 5) is 2.36. The summed E-state index contributed by atoms with van der Waals surface area (Å²) in [5, 5.41) is 4.28. The molecule has 1 N–H and O–H groups in total. The number of hydrogen-bond donors (Lipinski definition) is 1. The molecule has 3 heteroatoms. The molecule has 1 rings (SSSR count). The molecular formula is C12H24N2S. The van der Waals surface area contributed by atoms with Gasteiger partial charge in [0.25, 0.3) is 0 Å². The second-order valence-corrected chi connectivity index (χ2v) is 5.33. The minimum atomic E-state index is 0.582. The smallest absolute Gasteiger partial charge is 0.169 e. The number of likely N-dealkylation sites (tertiary alicyclic amines) is 1. The van der Waals surface area contributed by atoms with E-state index in [4.69, 9.17) is 12.2 Å². The van der Waals surface area contributed by atoms with Gasteiger partial charge in [0, 0.05) is 19.1 Å². The van der Waals surface area contributed by atoms with Gasteiger partial charge in [0.1, 0.15) is 0 Å². The van der Waals surface area contributed by atoms with E-state index in [-0.39, 0.29) is 0 Å². The molecule has 3 unspecified atom stereocenters. The van der Waals surface area contributed by atoms with E-state index in [0.717, 1.165) is 36.5 Å². The van der Waals surface area contributed by atoms with Crippen LogP contribution < -0.4 is 5.32 Å². The quantitative estimate of drug-likeness (QED) is 0.732. The van der Waals surface area contributed by atoms with Crippen LogP contribution in [0, 0.1) is 11.8 Å². The summed E-state index contributed by atoms with van der Waals surface area (Å²) in [5.41, 5.74) is 0. The third-order valence-corrected chi connectivity index (χ3v) is 3.76. The second kappa shape index (κ2) is 5.69. The molecule has 0 aromatic heterocycles. The van der Waals surface area contributed by atoms with Crippen LogP contribution in [0.2, 0.25) is 0 Å². The highest BCUT2D eigenvalue weighted by Crippen LogP contribution is 2.26. The van der Waals surface area contributed by atoms with E-state index >= 15 is 0 Å². The van der Waals surface area contributed by atoms with Gasteiger partial charge in [0.2, 0.25) is 0 Å². The Morgan fingerprint density at radius 3 is 2.67 bits per heavy atom. The minimum Gasteiger partial charge on any atom is -0.363 e. The Morgan fingerprint density at radius 2 is 2.07 bits per heavy atom.